The van der Waals surface area contributed by atoms with Crippen molar-refractivity contribution in [2.45, 2.75) is 24.9 Å². The number of ether oxygens (including phenoxy) is 2. The zero-order valence-corrected chi connectivity index (χ0v) is 10.2. The Morgan fingerprint density at radius 2 is 2.24 bits per heavy atom. The van der Waals surface area contributed by atoms with Gasteiger partial charge in [-0.3, -0.25) is 0 Å². The molecule has 92 valence electrons. The lowest BCUT2D eigenvalue weighted by Gasteiger charge is -2.40. The van der Waals surface area contributed by atoms with Crippen LogP contribution in [0.25, 0.3) is 0 Å². The van der Waals surface area contributed by atoms with E-state index in [1.54, 1.807) is 0 Å². The van der Waals surface area contributed by atoms with Gasteiger partial charge in [-0.15, -0.1) is 0 Å². The summed E-state index contributed by atoms with van der Waals surface area (Å²) in [4.78, 5) is 0. The quantitative estimate of drug-likeness (QED) is 0.865. The van der Waals surface area contributed by atoms with E-state index >= 15 is 0 Å². The smallest absolute Gasteiger partial charge is 0.122 e. The second kappa shape index (κ2) is 4.31. The SMILES string of the molecule is CC1(OCC2CCOc3ccccc32)CNC1. The molecule has 17 heavy (non-hydrogen) atoms. The molecule has 3 nitrogen and oxygen atoms in total. The van der Waals surface area contributed by atoms with Crippen molar-refractivity contribution < 1.29 is 9.47 Å². The predicted octanol–water partition coefficient (Wildman–Crippen LogP) is 1.93. The topological polar surface area (TPSA) is 30.5 Å². The maximum Gasteiger partial charge on any atom is 0.122 e. The molecular weight excluding hydrogens is 214 g/mol. The van der Waals surface area contributed by atoms with E-state index in [0.29, 0.717) is 5.92 Å². The van der Waals surface area contributed by atoms with Crippen molar-refractivity contribution in [3.8, 4) is 5.75 Å². The monoisotopic (exact) mass is 233 g/mol. The van der Waals surface area contributed by atoms with Gasteiger partial charge < -0.3 is 14.8 Å². The third-order valence-corrected chi connectivity index (χ3v) is 3.71. The molecule has 0 spiro atoms. The number of fused-ring (bicyclic) bond motifs is 1. The zero-order valence-electron chi connectivity index (χ0n) is 10.2. The van der Waals surface area contributed by atoms with Gasteiger partial charge in [0.15, 0.2) is 0 Å². The van der Waals surface area contributed by atoms with Gasteiger partial charge in [-0.2, -0.15) is 0 Å². The fraction of sp³-hybridized carbons (Fsp3) is 0.571. The second-order valence-electron chi connectivity index (χ2n) is 5.24. The van der Waals surface area contributed by atoms with Gasteiger partial charge in [0.1, 0.15) is 5.75 Å². The number of nitrogens with one attached hydrogen (secondary N) is 1. The van der Waals surface area contributed by atoms with Crippen LogP contribution >= 0.6 is 0 Å². The number of para-hydroxylation sites is 1. The van der Waals surface area contributed by atoms with Crippen LogP contribution in [0.15, 0.2) is 24.3 Å². The fourth-order valence-electron chi connectivity index (χ4n) is 2.47. The minimum atomic E-state index is 0.0489. The molecule has 3 rings (SSSR count). The molecule has 0 bridgehead atoms. The van der Waals surface area contributed by atoms with Crippen LogP contribution in [-0.4, -0.2) is 31.9 Å². The second-order valence-corrected chi connectivity index (χ2v) is 5.24. The highest BCUT2D eigenvalue weighted by Crippen LogP contribution is 2.34. The molecule has 1 saturated heterocycles. The van der Waals surface area contributed by atoms with Crippen LogP contribution in [-0.2, 0) is 4.74 Å². The first-order valence-electron chi connectivity index (χ1n) is 6.33. The summed E-state index contributed by atoms with van der Waals surface area (Å²) in [5.41, 5.74) is 1.35. The molecule has 1 aromatic rings. The third-order valence-electron chi connectivity index (χ3n) is 3.71. The number of rotatable bonds is 3. The minimum absolute atomic E-state index is 0.0489. The molecule has 0 saturated carbocycles. The average molecular weight is 233 g/mol. The van der Waals surface area contributed by atoms with Crippen molar-refractivity contribution in [3.05, 3.63) is 29.8 Å². The van der Waals surface area contributed by atoms with E-state index in [-0.39, 0.29) is 5.60 Å². The Bertz CT molecular complexity index is 401. The first kappa shape index (κ1) is 11.1. The van der Waals surface area contributed by atoms with Crippen molar-refractivity contribution in [1.29, 1.82) is 0 Å². The normalized spacial score (nSPS) is 25.6. The van der Waals surface area contributed by atoms with E-state index in [9.17, 15) is 0 Å². The van der Waals surface area contributed by atoms with Crippen molar-refractivity contribution in [3.63, 3.8) is 0 Å². The molecular formula is C14H19NO2. The molecule has 0 aliphatic carbocycles. The highest BCUT2D eigenvalue weighted by molar-refractivity contribution is 5.37. The van der Waals surface area contributed by atoms with Gasteiger partial charge in [-0.1, -0.05) is 18.2 Å². The van der Waals surface area contributed by atoms with Crippen LogP contribution in [0.5, 0.6) is 5.75 Å². The van der Waals surface area contributed by atoms with E-state index in [1.807, 2.05) is 12.1 Å². The Hall–Kier alpha value is -1.06. The maximum absolute atomic E-state index is 6.04. The average Bonchev–Trinajstić information content (AvgIpc) is 2.34. The Kier molecular flexibility index (Phi) is 2.81. The molecule has 2 aliphatic rings. The van der Waals surface area contributed by atoms with Crippen molar-refractivity contribution in [2.24, 2.45) is 0 Å². The molecule has 1 unspecified atom stereocenters. The van der Waals surface area contributed by atoms with Crippen LogP contribution in [0.3, 0.4) is 0 Å². The Balaban J connectivity index is 1.68. The Morgan fingerprint density at radius 1 is 1.41 bits per heavy atom. The van der Waals surface area contributed by atoms with Gasteiger partial charge in [-0.25, -0.2) is 0 Å². The first-order valence-corrected chi connectivity index (χ1v) is 6.33. The number of hydrogen-bond acceptors (Lipinski definition) is 3. The molecule has 2 aliphatic heterocycles. The maximum atomic E-state index is 6.04. The molecule has 1 aromatic carbocycles. The van der Waals surface area contributed by atoms with Crippen LogP contribution in [0, 0.1) is 0 Å². The summed E-state index contributed by atoms with van der Waals surface area (Å²) in [7, 11) is 0. The summed E-state index contributed by atoms with van der Waals surface area (Å²) in [5.74, 6) is 1.52. The Labute approximate surface area is 102 Å². The summed E-state index contributed by atoms with van der Waals surface area (Å²) in [6.07, 6.45) is 1.06. The van der Waals surface area contributed by atoms with E-state index in [2.05, 4.69) is 24.4 Å². The molecule has 0 aromatic heterocycles. The molecule has 1 N–H and O–H groups in total. The first-order chi connectivity index (χ1) is 8.27. The van der Waals surface area contributed by atoms with E-state index in [1.165, 1.54) is 5.56 Å². The van der Waals surface area contributed by atoms with Crippen molar-refractivity contribution in [2.75, 3.05) is 26.3 Å². The van der Waals surface area contributed by atoms with Crippen molar-refractivity contribution in [1.82, 2.24) is 5.32 Å². The van der Waals surface area contributed by atoms with Gasteiger partial charge in [0.05, 0.1) is 18.8 Å². The van der Waals surface area contributed by atoms with E-state index in [0.717, 1.165) is 38.5 Å². The van der Waals surface area contributed by atoms with Gasteiger partial charge >= 0.3 is 0 Å². The number of benzene rings is 1. The summed E-state index contributed by atoms with van der Waals surface area (Å²) in [5, 5.41) is 3.26. The summed E-state index contributed by atoms with van der Waals surface area (Å²) in [6, 6.07) is 8.31. The zero-order chi connectivity index (χ0) is 11.7. The molecule has 0 amide bonds. The van der Waals surface area contributed by atoms with Crippen LogP contribution < -0.4 is 10.1 Å². The van der Waals surface area contributed by atoms with Crippen LogP contribution in [0.1, 0.15) is 24.8 Å². The molecule has 0 radical (unpaired) electrons. The lowest BCUT2D eigenvalue weighted by Crippen LogP contribution is -2.59. The standard InChI is InChI=1S/C14H19NO2/c1-14(9-15-10-14)17-8-11-6-7-16-13-5-3-2-4-12(11)13/h2-5,11,15H,6-10H2,1H3. The van der Waals surface area contributed by atoms with Gasteiger partial charge in [0.2, 0.25) is 0 Å². The lowest BCUT2D eigenvalue weighted by molar-refractivity contribution is -0.0744. The van der Waals surface area contributed by atoms with Crippen LogP contribution in [0.4, 0.5) is 0 Å². The van der Waals surface area contributed by atoms with Crippen LogP contribution in [0.2, 0.25) is 0 Å². The predicted molar refractivity (Wildman–Crippen MR) is 66.5 cm³/mol. The molecule has 1 fully saturated rings. The third kappa shape index (κ3) is 2.17. The Morgan fingerprint density at radius 3 is 3.00 bits per heavy atom. The minimum Gasteiger partial charge on any atom is -0.493 e. The lowest BCUT2D eigenvalue weighted by atomic mass is 9.93. The van der Waals surface area contributed by atoms with Gasteiger partial charge in [-0.05, 0) is 25.0 Å². The van der Waals surface area contributed by atoms with E-state index < -0.39 is 0 Å². The van der Waals surface area contributed by atoms with E-state index in [4.69, 9.17) is 9.47 Å². The largest absolute Gasteiger partial charge is 0.493 e. The highest BCUT2D eigenvalue weighted by atomic mass is 16.5. The van der Waals surface area contributed by atoms with Crippen molar-refractivity contribution >= 4 is 0 Å². The number of hydrogen-bond donors (Lipinski definition) is 1. The summed E-state index contributed by atoms with van der Waals surface area (Å²) < 4.78 is 11.7. The molecule has 2 heterocycles. The highest BCUT2D eigenvalue weighted by Gasteiger charge is 2.34. The van der Waals surface area contributed by atoms with Gasteiger partial charge in [0, 0.05) is 19.0 Å². The molecule has 3 heteroatoms. The van der Waals surface area contributed by atoms with Gasteiger partial charge in [0.25, 0.3) is 0 Å². The summed E-state index contributed by atoms with van der Waals surface area (Å²) >= 11 is 0. The summed E-state index contributed by atoms with van der Waals surface area (Å²) in [6.45, 7) is 5.73. The fourth-order valence-corrected chi connectivity index (χ4v) is 2.47. The molecule has 1 atom stereocenters.